The van der Waals surface area contributed by atoms with Gasteiger partial charge in [0.15, 0.2) is 18.1 Å². The lowest BCUT2D eigenvalue weighted by molar-refractivity contribution is -0.123. The maximum atomic E-state index is 12.2. The summed E-state index contributed by atoms with van der Waals surface area (Å²) in [4.78, 5) is 14.6. The Morgan fingerprint density at radius 3 is 2.81 bits per heavy atom. The first-order valence-corrected chi connectivity index (χ1v) is 8.94. The maximum absolute atomic E-state index is 12.2. The van der Waals surface area contributed by atoms with Gasteiger partial charge in [-0.15, -0.1) is 0 Å². The van der Waals surface area contributed by atoms with Crippen molar-refractivity contribution < 1.29 is 14.3 Å². The van der Waals surface area contributed by atoms with E-state index >= 15 is 0 Å². The van der Waals surface area contributed by atoms with Crippen LogP contribution in [0, 0.1) is 11.3 Å². The van der Waals surface area contributed by atoms with Gasteiger partial charge >= 0.3 is 0 Å². The number of ether oxygens (including phenoxy) is 2. The normalized spacial score (nSPS) is 16.5. The summed E-state index contributed by atoms with van der Waals surface area (Å²) >= 11 is 0. The van der Waals surface area contributed by atoms with Gasteiger partial charge in [0.05, 0.1) is 18.7 Å². The minimum atomic E-state index is -0.159. The number of carbonyl (C=O) groups is 1. The lowest BCUT2D eigenvalue weighted by atomic mass is 10.2. The van der Waals surface area contributed by atoms with Crippen LogP contribution in [-0.2, 0) is 11.3 Å². The Bertz CT molecular complexity index is 817. The molecule has 1 atom stereocenters. The highest BCUT2D eigenvalue weighted by atomic mass is 16.5. The van der Waals surface area contributed by atoms with Gasteiger partial charge in [-0.2, -0.15) is 5.26 Å². The number of hydrogen-bond acceptors (Lipinski definition) is 5. The zero-order valence-electron chi connectivity index (χ0n) is 15.4. The molecule has 1 heterocycles. The van der Waals surface area contributed by atoms with Gasteiger partial charge in [0.2, 0.25) is 0 Å². The quantitative estimate of drug-likeness (QED) is 0.815. The van der Waals surface area contributed by atoms with Crippen LogP contribution in [0.1, 0.15) is 17.5 Å². The van der Waals surface area contributed by atoms with Crippen LogP contribution in [0.2, 0.25) is 0 Å². The molecule has 140 valence electrons. The maximum Gasteiger partial charge on any atom is 0.258 e. The number of methoxy groups -OCH3 is 1. The van der Waals surface area contributed by atoms with Crippen LogP contribution >= 0.6 is 0 Å². The van der Waals surface area contributed by atoms with Crippen molar-refractivity contribution >= 4 is 5.91 Å². The summed E-state index contributed by atoms with van der Waals surface area (Å²) in [5.41, 5.74) is 1.76. The molecule has 0 saturated carbocycles. The Balaban J connectivity index is 1.46. The molecule has 6 heteroatoms. The number of nitrogens with zero attached hydrogens (tertiary/aromatic N) is 2. The first-order valence-electron chi connectivity index (χ1n) is 8.94. The van der Waals surface area contributed by atoms with Gasteiger partial charge in [0, 0.05) is 31.7 Å². The van der Waals surface area contributed by atoms with Crippen molar-refractivity contribution in [3.05, 3.63) is 59.7 Å². The fraction of sp³-hybridized carbons (Fsp3) is 0.333. The SMILES string of the molecule is COc1cc(C#N)ccc1OCC(=O)N[C@H]1CCN(Cc2ccccc2)C1. The molecule has 1 aliphatic heterocycles. The molecule has 6 nitrogen and oxygen atoms in total. The molecule has 0 radical (unpaired) electrons. The molecule has 1 fully saturated rings. The lowest BCUT2D eigenvalue weighted by Gasteiger charge is -2.17. The molecule has 0 unspecified atom stereocenters. The zero-order valence-corrected chi connectivity index (χ0v) is 15.4. The fourth-order valence-corrected chi connectivity index (χ4v) is 3.20. The summed E-state index contributed by atoms with van der Waals surface area (Å²) in [6.07, 6.45) is 0.929. The number of amides is 1. The topological polar surface area (TPSA) is 74.6 Å². The standard InChI is InChI=1S/C21H23N3O3/c1-26-20-11-17(12-22)7-8-19(20)27-15-21(25)23-18-9-10-24(14-18)13-16-5-3-2-4-6-16/h2-8,11,18H,9-10,13-15H2,1H3,(H,23,25)/t18-/m0/s1. The van der Waals surface area contributed by atoms with Gasteiger partial charge in [0.25, 0.3) is 5.91 Å². The van der Waals surface area contributed by atoms with E-state index in [4.69, 9.17) is 14.7 Å². The van der Waals surface area contributed by atoms with E-state index in [2.05, 4.69) is 22.3 Å². The number of carbonyl (C=O) groups excluding carboxylic acids is 1. The van der Waals surface area contributed by atoms with Crippen molar-refractivity contribution in [2.24, 2.45) is 0 Å². The average Bonchev–Trinajstić information content (AvgIpc) is 3.13. The first kappa shape index (κ1) is 18.7. The fourth-order valence-electron chi connectivity index (χ4n) is 3.20. The van der Waals surface area contributed by atoms with Gasteiger partial charge in [-0.3, -0.25) is 9.69 Å². The van der Waals surface area contributed by atoms with Crippen molar-refractivity contribution in [1.29, 1.82) is 5.26 Å². The van der Waals surface area contributed by atoms with Gasteiger partial charge in [-0.05, 0) is 24.1 Å². The van der Waals surface area contributed by atoms with E-state index in [-0.39, 0.29) is 18.6 Å². The average molecular weight is 365 g/mol. The molecule has 1 N–H and O–H groups in total. The number of hydrogen-bond donors (Lipinski definition) is 1. The summed E-state index contributed by atoms with van der Waals surface area (Å²) in [6.45, 7) is 2.61. The largest absolute Gasteiger partial charge is 0.493 e. The second-order valence-corrected chi connectivity index (χ2v) is 6.54. The van der Waals surface area contributed by atoms with Crippen molar-refractivity contribution in [2.75, 3.05) is 26.8 Å². The molecule has 0 aliphatic carbocycles. The minimum absolute atomic E-state index is 0.0859. The van der Waals surface area contributed by atoms with Gasteiger partial charge in [-0.1, -0.05) is 30.3 Å². The molecule has 0 spiro atoms. The van der Waals surface area contributed by atoms with Crippen LogP contribution in [0.4, 0.5) is 0 Å². The van der Waals surface area contributed by atoms with Crippen molar-refractivity contribution in [1.82, 2.24) is 10.2 Å². The third kappa shape index (κ3) is 5.22. The van der Waals surface area contributed by atoms with Crippen LogP contribution in [-0.4, -0.2) is 43.7 Å². The Kier molecular flexibility index (Phi) is 6.29. The van der Waals surface area contributed by atoms with E-state index in [1.807, 2.05) is 24.3 Å². The minimum Gasteiger partial charge on any atom is -0.493 e. The molecule has 1 aliphatic rings. The summed E-state index contributed by atoms with van der Waals surface area (Å²) in [5.74, 6) is 0.730. The van der Waals surface area contributed by atoms with Crippen LogP contribution < -0.4 is 14.8 Å². The molecular formula is C21H23N3O3. The summed E-state index contributed by atoms with van der Waals surface area (Å²) in [7, 11) is 1.50. The number of nitrogens with one attached hydrogen (secondary N) is 1. The van der Waals surface area contributed by atoms with Gasteiger partial charge < -0.3 is 14.8 Å². The van der Waals surface area contributed by atoms with Crippen molar-refractivity contribution in [2.45, 2.75) is 19.0 Å². The van der Waals surface area contributed by atoms with E-state index in [1.54, 1.807) is 18.2 Å². The highest BCUT2D eigenvalue weighted by Gasteiger charge is 2.24. The van der Waals surface area contributed by atoms with E-state index in [1.165, 1.54) is 12.7 Å². The third-order valence-electron chi connectivity index (χ3n) is 4.54. The second kappa shape index (κ2) is 9.06. The number of likely N-dealkylation sites (tertiary alicyclic amines) is 1. The Morgan fingerprint density at radius 2 is 2.07 bits per heavy atom. The molecule has 27 heavy (non-hydrogen) atoms. The lowest BCUT2D eigenvalue weighted by Crippen LogP contribution is -2.39. The van der Waals surface area contributed by atoms with E-state index in [9.17, 15) is 4.79 Å². The number of benzene rings is 2. The van der Waals surface area contributed by atoms with E-state index in [0.29, 0.717) is 17.1 Å². The zero-order chi connectivity index (χ0) is 19.1. The van der Waals surface area contributed by atoms with Crippen LogP contribution in [0.15, 0.2) is 48.5 Å². The molecule has 0 aromatic heterocycles. The van der Waals surface area contributed by atoms with Crippen LogP contribution in [0.5, 0.6) is 11.5 Å². The van der Waals surface area contributed by atoms with Crippen molar-refractivity contribution in [3.63, 3.8) is 0 Å². The first-order chi connectivity index (χ1) is 13.2. The Morgan fingerprint density at radius 1 is 1.26 bits per heavy atom. The summed E-state index contributed by atoms with van der Waals surface area (Å²) in [6, 6.07) is 17.4. The predicted molar refractivity (Wildman–Crippen MR) is 101 cm³/mol. The highest BCUT2D eigenvalue weighted by Crippen LogP contribution is 2.27. The Labute approximate surface area is 159 Å². The molecule has 2 aromatic carbocycles. The molecule has 0 bridgehead atoms. The number of rotatable bonds is 7. The summed E-state index contributed by atoms with van der Waals surface area (Å²) in [5, 5.41) is 12.0. The summed E-state index contributed by atoms with van der Waals surface area (Å²) < 4.78 is 10.8. The predicted octanol–water partition coefficient (Wildman–Crippen LogP) is 2.34. The second-order valence-electron chi connectivity index (χ2n) is 6.54. The van der Waals surface area contributed by atoms with Gasteiger partial charge in [0.1, 0.15) is 0 Å². The van der Waals surface area contributed by atoms with E-state index < -0.39 is 0 Å². The smallest absolute Gasteiger partial charge is 0.258 e. The molecule has 1 saturated heterocycles. The molecule has 1 amide bonds. The van der Waals surface area contributed by atoms with Crippen LogP contribution in [0.25, 0.3) is 0 Å². The van der Waals surface area contributed by atoms with E-state index in [0.717, 1.165) is 26.1 Å². The number of nitriles is 1. The third-order valence-corrected chi connectivity index (χ3v) is 4.54. The Hall–Kier alpha value is -3.04. The molecule has 2 aromatic rings. The monoisotopic (exact) mass is 365 g/mol. The van der Waals surface area contributed by atoms with Crippen LogP contribution in [0.3, 0.4) is 0 Å². The molecule has 3 rings (SSSR count). The van der Waals surface area contributed by atoms with Crippen molar-refractivity contribution in [3.8, 4) is 17.6 Å². The van der Waals surface area contributed by atoms with Gasteiger partial charge in [-0.25, -0.2) is 0 Å². The highest BCUT2D eigenvalue weighted by molar-refractivity contribution is 5.78. The molecular weight excluding hydrogens is 342 g/mol.